The number of anilines is 1. The molecule has 0 unspecified atom stereocenters. The zero-order valence-electron chi connectivity index (χ0n) is 14.3. The van der Waals surface area contributed by atoms with Gasteiger partial charge in [0.1, 0.15) is 0 Å². The fourth-order valence-electron chi connectivity index (χ4n) is 2.86. The van der Waals surface area contributed by atoms with E-state index in [0.29, 0.717) is 39.9 Å². The van der Waals surface area contributed by atoms with Crippen molar-refractivity contribution < 1.29 is 9.53 Å². The zero-order chi connectivity index (χ0) is 18.1. The van der Waals surface area contributed by atoms with Crippen LogP contribution in [-0.2, 0) is 4.74 Å². The topological polar surface area (TPSA) is 82.5 Å². The van der Waals surface area contributed by atoms with Gasteiger partial charge in [-0.05, 0) is 30.5 Å². The number of carbonyl (C=O) groups excluding carboxylic acids is 1. The van der Waals surface area contributed by atoms with E-state index in [-0.39, 0.29) is 5.92 Å². The molecule has 0 aliphatic carbocycles. The first kappa shape index (κ1) is 17.2. The third kappa shape index (κ3) is 3.05. The summed E-state index contributed by atoms with van der Waals surface area (Å²) >= 11 is 6.10. The highest BCUT2D eigenvalue weighted by atomic mass is 35.5. The Morgan fingerprint density at radius 2 is 2.16 bits per heavy atom. The van der Waals surface area contributed by atoms with Crippen LogP contribution in [0.3, 0.4) is 0 Å². The maximum atomic E-state index is 12.3. The molecule has 0 bridgehead atoms. The fraction of sp³-hybridized carbons (Fsp3) is 0.278. The number of rotatable bonds is 4. The van der Waals surface area contributed by atoms with Crippen molar-refractivity contribution in [3.63, 3.8) is 0 Å². The molecule has 0 atom stereocenters. The third-order valence-corrected chi connectivity index (χ3v) is 4.10. The molecule has 25 heavy (non-hydrogen) atoms. The Kier molecular flexibility index (Phi) is 4.63. The fourth-order valence-corrected chi connectivity index (χ4v) is 3.05. The minimum absolute atomic E-state index is 0.0245. The van der Waals surface area contributed by atoms with Gasteiger partial charge in [-0.3, -0.25) is 0 Å². The lowest BCUT2D eigenvalue weighted by Crippen LogP contribution is -2.14. The number of carbonyl (C=O) groups is 1. The van der Waals surface area contributed by atoms with E-state index in [1.54, 1.807) is 17.5 Å². The summed E-state index contributed by atoms with van der Waals surface area (Å²) < 4.78 is 6.76. The minimum atomic E-state index is -0.418. The number of nitrogens with two attached hydrogens (primary N) is 1. The second-order valence-electron chi connectivity index (χ2n) is 5.94. The highest BCUT2D eigenvalue weighted by Gasteiger charge is 2.23. The number of nitrogens with zero attached hydrogens (tertiary/aromatic N) is 3. The average molecular weight is 359 g/mol. The van der Waals surface area contributed by atoms with Crippen molar-refractivity contribution >= 4 is 29.0 Å². The molecule has 2 N–H and O–H groups in total. The van der Waals surface area contributed by atoms with Gasteiger partial charge in [-0.2, -0.15) is 0 Å². The van der Waals surface area contributed by atoms with Crippen LogP contribution in [0.15, 0.2) is 30.5 Å². The molecule has 0 amide bonds. The van der Waals surface area contributed by atoms with Gasteiger partial charge in [-0.25, -0.2) is 14.3 Å². The maximum absolute atomic E-state index is 12.3. The quantitative estimate of drug-likeness (QED) is 0.714. The molecular weight excluding hydrogens is 340 g/mol. The first-order chi connectivity index (χ1) is 11.9. The summed E-state index contributed by atoms with van der Waals surface area (Å²) in [7, 11) is 0. The van der Waals surface area contributed by atoms with Gasteiger partial charge in [-0.1, -0.05) is 37.6 Å². The molecule has 0 aliphatic heterocycles. The molecule has 0 radical (unpaired) electrons. The number of halogens is 1. The van der Waals surface area contributed by atoms with Crippen molar-refractivity contribution in [2.75, 3.05) is 12.3 Å². The van der Waals surface area contributed by atoms with Crippen LogP contribution in [0.25, 0.3) is 16.8 Å². The Bertz CT molecular complexity index is 950. The standard InChI is InChI=1S/C18H19ClN4O2/c1-4-25-18(24)13-9-21-17-14(11-6-5-7-12(19)8-11)16(20)22-23(17)15(13)10(2)3/h5-10H,4H2,1-3H3,(H2,20,22). The van der Waals surface area contributed by atoms with Crippen molar-refractivity contribution in [3.05, 3.63) is 46.7 Å². The highest BCUT2D eigenvalue weighted by molar-refractivity contribution is 6.30. The highest BCUT2D eigenvalue weighted by Crippen LogP contribution is 2.33. The smallest absolute Gasteiger partial charge is 0.341 e. The number of fused-ring (bicyclic) bond motifs is 1. The van der Waals surface area contributed by atoms with Gasteiger partial charge in [0.25, 0.3) is 0 Å². The van der Waals surface area contributed by atoms with E-state index >= 15 is 0 Å². The number of hydrogen-bond acceptors (Lipinski definition) is 5. The molecule has 7 heteroatoms. The number of ether oxygens (including phenoxy) is 1. The number of aromatic nitrogens is 3. The van der Waals surface area contributed by atoms with Crippen LogP contribution < -0.4 is 5.73 Å². The Labute approximate surface area is 150 Å². The molecule has 0 spiro atoms. The van der Waals surface area contributed by atoms with Crippen molar-refractivity contribution in [2.24, 2.45) is 0 Å². The molecule has 0 aliphatic rings. The second kappa shape index (κ2) is 6.72. The Morgan fingerprint density at radius 3 is 2.80 bits per heavy atom. The molecule has 2 aromatic heterocycles. The van der Waals surface area contributed by atoms with Crippen molar-refractivity contribution in [2.45, 2.75) is 26.7 Å². The molecule has 2 heterocycles. The minimum Gasteiger partial charge on any atom is -0.462 e. The average Bonchev–Trinajstić information content (AvgIpc) is 2.89. The Balaban J connectivity index is 2.29. The van der Waals surface area contributed by atoms with Gasteiger partial charge < -0.3 is 10.5 Å². The summed E-state index contributed by atoms with van der Waals surface area (Å²) in [6.45, 7) is 6.02. The van der Waals surface area contributed by atoms with E-state index in [1.807, 2.05) is 32.0 Å². The zero-order valence-corrected chi connectivity index (χ0v) is 15.0. The van der Waals surface area contributed by atoms with Crippen LogP contribution in [0.1, 0.15) is 42.7 Å². The van der Waals surface area contributed by atoms with Gasteiger partial charge in [-0.15, -0.1) is 5.10 Å². The molecule has 0 saturated carbocycles. The van der Waals surface area contributed by atoms with Crippen molar-refractivity contribution in [1.29, 1.82) is 0 Å². The molecule has 0 saturated heterocycles. The largest absolute Gasteiger partial charge is 0.462 e. The van der Waals surface area contributed by atoms with Crippen LogP contribution in [0.2, 0.25) is 5.02 Å². The predicted octanol–water partition coefficient (Wildman–Crippen LogP) is 3.93. The summed E-state index contributed by atoms with van der Waals surface area (Å²) in [5.41, 5.74) is 9.36. The van der Waals surface area contributed by atoms with E-state index in [9.17, 15) is 4.79 Å². The molecule has 6 nitrogen and oxygen atoms in total. The van der Waals surface area contributed by atoms with Gasteiger partial charge in [0.15, 0.2) is 11.5 Å². The monoisotopic (exact) mass is 358 g/mol. The Morgan fingerprint density at radius 1 is 1.40 bits per heavy atom. The number of hydrogen-bond donors (Lipinski definition) is 1. The lowest BCUT2D eigenvalue weighted by Gasteiger charge is -2.13. The molecule has 1 aromatic carbocycles. The van der Waals surface area contributed by atoms with E-state index in [2.05, 4.69) is 10.1 Å². The van der Waals surface area contributed by atoms with Crippen LogP contribution in [0.5, 0.6) is 0 Å². The Hall–Kier alpha value is -2.60. The summed E-state index contributed by atoms with van der Waals surface area (Å²) in [6, 6.07) is 7.34. The first-order valence-corrected chi connectivity index (χ1v) is 8.42. The van der Waals surface area contributed by atoms with Gasteiger partial charge >= 0.3 is 5.97 Å². The van der Waals surface area contributed by atoms with Crippen LogP contribution in [0, 0.1) is 0 Å². The van der Waals surface area contributed by atoms with Gasteiger partial charge in [0, 0.05) is 11.2 Å². The van der Waals surface area contributed by atoms with Crippen LogP contribution in [0.4, 0.5) is 5.82 Å². The van der Waals surface area contributed by atoms with Crippen molar-refractivity contribution in [3.8, 4) is 11.1 Å². The number of benzene rings is 1. The number of esters is 1. The van der Waals surface area contributed by atoms with E-state index in [4.69, 9.17) is 22.1 Å². The second-order valence-corrected chi connectivity index (χ2v) is 6.37. The van der Waals surface area contributed by atoms with Crippen LogP contribution in [-0.4, -0.2) is 27.2 Å². The lowest BCUT2D eigenvalue weighted by molar-refractivity contribution is 0.0523. The van der Waals surface area contributed by atoms with Crippen molar-refractivity contribution in [1.82, 2.24) is 14.6 Å². The molecule has 3 rings (SSSR count). The van der Waals surface area contributed by atoms with Crippen LogP contribution >= 0.6 is 11.6 Å². The number of nitrogen functional groups attached to an aromatic ring is 1. The van der Waals surface area contributed by atoms with E-state index in [0.717, 1.165) is 5.56 Å². The lowest BCUT2D eigenvalue weighted by atomic mass is 10.0. The van der Waals surface area contributed by atoms with Gasteiger partial charge in [0.05, 0.1) is 23.4 Å². The molecular formula is C18H19ClN4O2. The molecule has 0 fully saturated rings. The molecule has 3 aromatic rings. The first-order valence-electron chi connectivity index (χ1n) is 8.04. The van der Waals surface area contributed by atoms with Gasteiger partial charge in [0.2, 0.25) is 0 Å². The predicted molar refractivity (Wildman–Crippen MR) is 97.9 cm³/mol. The third-order valence-electron chi connectivity index (χ3n) is 3.86. The summed E-state index contributed by atoms with van der Waals surface area (Å²) in [4.78, 5) is 16.7. The maximum Gasteiger partial charge on any atom is 0.341 e. The normalized spacial score (nSPS) is 11.2. The summed E-state index contributed by atoms with van der Waals surface area (Å²) in [5.74, 6) is -0.0620. The SMILES string of the molecule is CCOC(=O)c1cnc2c(-c3cccc(Cl)c3)c(N)nn2c1C(C)C. The van der Waals surface area contributed by atoms with E-state index in [1.165, 1.54) is 6.20 Å². The molecule has 130 valence electrons. The van der Waals surface area contributed by atoms with E-state index < -0.39 is 5.97 Å². The summed E-state index contributed by atoms with van der Waals surface area (Å²) in [6.07, 6.45) is 1.53. The summed E-state index contributed by atoms with van der Waals surface area (Å²) in [5, 5.41) is 5.03.